The monoisotopic (exact) mass is 323 g/mol. The summed E-state index contributed by atoms with van der Waals surface area (Å²) in [6, 6.07) is 12.6. The molecular formula is C16H15Cl2NO2. The summed E-state index contributed by atoms with van der Waals surface area (Å²) in [5, 5.41) is 3.67. The topological polar surface area (TPSA) is 38.3 Å². The number of benzene rings is 2. The van der Waals surface area contributed by atoms with Gasteiger partial charge in [-0.25, -0.2) is 0 Å². The molecule has 0 aliphatic rings. The first-order valence-corrected chi connectivity index (χ1v) is 7.24. The van der Waals surface area contributed by atoms with Crippen LogP contribution in [-0.4, -0.2) is 12.5 Å². The van der Waals surface area contributed by atoms with Crippen molar-refractivity contribution in [2.24, 2.45) is 0 Å². The molecule has 0 radical (unpaired) electrons. The van der Waals surface area contributed by atoms with Gasteiger partial charge in [-0.05, 0) is 42.8 Å². The highest BCUT2D eigenvalue weighted by Crippen LogP contribution is 2.25. The van der Waals surface area contributed by atoms with Crippen molar-refractivity contribution in [1.29, 1.82) is 0 Å². The average Bonchev–Trinajstić information content (AvgIpc) is 2.42. The van der Waals surface area contributed by atoms with E-state index >= 15 is 0 Å². The van der Waals surface area contributed by atoms with Gasteiger partial charge in [0.05, 0.1) is 23.7 Å². The van der Waals surface area contributed by atoms with Crippen LogP contribution in [0, 0.1) is 6.92 Å². The van der Waals surface area contributed by atoms with Crippen LogP contribution in [0.3, 0.4) is 0 Å². The Labute approximate surface area is 133 Å². The zero-order valence-electron chi connectivity index (χ0n) is 11.5. The summed E-state index contributed by atoms with van der Waals surface area (Å²) in [6.45, 7) is 2.29. The molecule has 2 aromatic carbocycles. The molecule has 0 saturated heterocycles. The summed E-state index contributed by atoms with van der Waals surface area (Å²) >= 11 is 11.8. The van der Waals surface area contributed by atoms with Crippen LogP contribution in [0.5, 0.6) is 5.75 Å². The highest BCUT2D eigenvalue weighted by molar-refractivity contribution is 6.36. The third-order valence-corrected chi connectivity index (χ3v) is 3.34. The second-order valence-electron chi connectivity index (χ2n) is 4.59. The number of nitrogens with one attached hydrogen (secondary N) is 1. The van der Waals surface area contributed by atoms with E-state index in [0.29, 0.717) is 22.3 Å². The lowest BCUT2D eigenvalue weighted by Crippen LogP contribution is -2.15. The Bertz CT molecular complexity index is 644. The van der Waals surface area contributed by atoms with E-state index < -0.39 is 0 Å². The van der Waals surface area contributed by atoms with E-state index in [-0.39, 0.29) is 12.3 Å². The van der Waals surface area contributed by atoms with E-state index in [1.165, 1.54) is 0 Å². The Morgan fingerprint density at radius 2 is 2.00 bits per heavy atom. The van der Waals surface area contributed by atoms with Gasteiger partial charge in [0.1, 0.15) is 5.75 Å². The highest BCUT2D eigenvalue weighted by atomic mass is 35.5. The van der Waals surface area contributed by atoms with Crippen molar-refractivity contribution in [2.75, 3.05) is 11.9 Å². The molecule has 1 N–H and O–H groups in total. The fourth-order valence-electron chi connectivity index (χ4n) is 1.77. The molecule has 0 spiro atoms. The molecule has 0 heterocycles. The third-order valence-electron chi connectivity index (χ3n) is 2.79. The van der Waals surface area contributed by atoms with Crippen LogP contribution in [0.15, 0.2) is 42.5 Å². The van der Waals surface area contributed by atoms with Gasteiger partial charge in [-0.15, -0.1) is 0 Å². The van der Waals surface area contributed by atoms with Crippen molar-refractivity contribution in [1.82, 2.24) is 0 Å². The molecule has 0 atom stereocenters. The number of rotatable bonds is 5. The minimum absolute atomic E-state index is 0.160. The Morgan fingerprint density at radius 1 is 1.19 bits per heavy atom. The summed E-state index contributed by atoms with van der Waals surface area (Å²) in [4.78, 5) is 11.8. The van der Waals surface area contributed by atoms with Crippen molar-refractivity contribution in [3.05, 3.63) is 58.1 Å². The molecule has 5 heteroatoms. The van der Waals surface area contributed by atoms with E-state index in [1.54, 1.807) is 18.2 Å². The van der Waals surface area contributed by atoms with Crippen molar-refractivity contribution in [3.63, 3.8) is 0 Å². The first kappa shape index (κ1) is 15.7. The van der Waals surface area contributed by atoms with E-state index in [1.807, 2.05) is 31.2 Å². The number of hydrogen-bond donors (Lipinski definition) is 1. The fourth-order valence-corrected chi connectivity index (χ4v) is 2.23. The standard InChI is InChI=1S/C16H15Cl2NO2/c1-11-3-2-4-13(9-11)21-8-7-16(20)19-15-6-5-12(17)10-14(15)18/h2-6,9-10H,7-8H2,1H3,(H,19,20). The first-order chi connectivity index (χ1) is 10.0. The van der Waals surface area contributed by atoms with Crippen LogP contribution < -0.4 is 10.1 Å². The SMILES string of the molecule is Cc1cccc(OCCC(=O)Nc2ccc(Cl)cc2Cl)c1. The molecule has 0 aliphatic heterocycles. The van der Waals surface area contributed by atoms with Crippen molar-refractivity contribution < 1.29 is 9.53 Å². The molecule has 0 aliphatic carbocycles. The van der Waals surface area contributed by atoms with E-state index in [0.717, 1.165) is 11.3 Å². The maximum absolute atomic E-state index is 11.8. The Morgan fingerprint density at radius 3 is 2.71 bits per heavy atom. The number of amides is 1. The number of ether oxygens (including phenoxy) is 1. The number of carbonyl (C=O) groups excluding carboxylic acids is 1. The second-order valence-corrected chi connectivity index (χ2v) is 5.43. The van der Waals surface area contributed by atoms with E-state index in [4.69, 9.17) is 27.9 Å². The van der Waals surface area contributed by atoms with Crippen LogP contribution in [0.2, 0.25) is 10.0 Å². The number of hydrogen-bond acceptors (Lipinski definition) is 2. The van der Waals surface area contributed by atoms with Crippen LogP contribution in [0.25, 0.3) is 0 Å². The molecule has 0 fully saturated rings. The van der Waals surface area contributed by atoms with Crippen LogP contribution >= 0.6 is 23.2 Å². The largest absolute Gasteiger partial charge is 0.493 e. The number of anilines is 1. The van der Waals surface area contributed by atoms with Crippen molar-refractivity contribution in [3.8, 4) is 5.75 Å². The van der Waals surface area contributed by atoms with E-state index in [9.17, 15) is 4.79 Å². The van der Waals surface area contributed by atoms with Gasteiger partial charge in [0.25, 0.3) is 0 Å². The zero-order chi connectivity index (χ0) is 15.2. The van der Waals surface area contributed by atoms with Crippen molar-refractivity contribution >= 4 is 34.8 Å². The quantitative estimate of drug-likeness (QED) is 0.865. The Balaban J connectivity index is 1.82. The maximum atomic E-state index is 11.8. The van der Waals surface area contributed by atoms with Gasteiger partial charge in [-0.2, -0.15) is 0 Å². The summed E-state index contributed by atoms with van der Waals surface area (Å²) in [5.74, 6) is 0.596. The molecule has 2 aromatic rings. The third kappa shape index (κ3) is 4.96. The van der Waals surface area contributed by atoms with Gasteiger partial charge >= 0.3 is 0 Å². The van der Waals surface area contributed by atoms with Gasteiger partial charge in [-0.1, -0.05) is 35.3 Å². The highest BCUT2D eigenvalue weighted by Gasteiger charge is 2.06. The normalized spacial score (nSPS) is 10.2. The summed E-state index contributed by atoms with van der Waals surface area (Å²) < 4.78 is 5.53. The van der Waals surface area contributed by atoms with Gasteiger partial charge in [0, 0.05) is 5.02 Å². The molecular weight excluding hydrogens is 309 g/mol. The van der Waals surface area contributed by atoms with Crippen LogP contribution in [0.1, 0.15) is 12.0 Å². The zero-order valence-corrected chi connectivity index (χ0v) is 13.0. The molecule has 110 valence electrons. The molecule has 0 saturated carbocycles. The van der Waals surface area contributed by atoms with Crippen molar-refractivity contribution in [2.45, 2.75) is 13.3 Å². The predicted octanol–water partition coefficient (Wildman–Crippen LogP) is 4.71. The molecule has 2 rings (SSSR count). The predicted molar refractivity (Wildman–Crippen MR) is 86.4 cm³/mol. The van der Waals surface area contributed by atoms with Gasteiger partial charge in [-0.3, -0.25) is 4.79 Å². The number of halogens is 2. The minimum Gasteiger partial charge on any atom is -0.493 e. The molecule has 0 bridgehead atoms. The smallest absolute Gasteiger partial charge is 0.227 e. The molecule has 0 aromatic heterocycles. The molecule has 3 nitrogen and oxygen atoms in total. The Hall–Kier alpha value is -1.71. The summed E-state index contributed by atoms with van der Waals surface area (Å²) in [6.07, 6.45) is 0.243. The fraction of sp³-hybridized carbons (Fsp3) is 0.188. The van der Waals surface area contributed by atoms with Crippen LogP contribution in [-0.2, 0) is 4.79 Å². The molecule has 21 heavy (non-hydrogen) atoms. The summed E-state index contributed by atoms with van der Waals surface area (Å²) in [5.41, 5.74) is 1.66. The summed E-state index contributed by atoms with van der Waals surface area (Å²) in [7, 11) is 0. The van der Waals surface area contributed by atoms with Gasteiger partial charge in [0.15, 0.2) is 0 Å². The second kappa shape index (κ2) is 7.34. The minimum atomic E-state index is -0.160. The lowest BCUT2D eigenvalue weighted by Gasteiger charge is -2.09. The van der Waals surface area contributed by atoms with Gasteiger partial charge < -0.3 is 10.1 Å². The lowest BCUT2D eigenvalue weighted by molar-refractivity contribution is -0.116. The van der Waals surface area contributed by atoms with Gasteiger partial charge in [0.2, 0.25) is 5.91 Å². The lowest BCUT2D eigenvalue weighted by atomic mass is 10.2. The number of aryl methyl sites for hydroxylation is 1. The van der Waals surface area contributed by atoms with Crippen LogP contribution in [0.4, 0.5) is 5.69 Å². The maximum Gasteiger partial charge on any atom is 0.227 e. The molecule has 0 unspecified atom stereocenters. The average molecular weight is 324 g/mol. The first-order valence-electron chi connectivity index (χ1n) is 6.49. The number of carbonyl (C=O) groups is 1. The Kier molecular flexibility index (Phi) is 5.48. The van der Waals surface area contributed by atoms with E-state index in [2.05, 4.69) is 5.32 Å². The molecule has 1 amide bonds.